The maximum atomic E-state index is 11.1. The van der Waals surface area contributed by atoms with Gasteiger partial charge in [0.15, 0.2) is 0 Å². The molecular weight excluding hydrogens is 266 g/mol. The van der Waals surface area contributed by atoms with Crippen LogP contribution in [0.4, 0.5) is 10.5 Å². The minimum Gasteiger partial charge on any atom is -0.495 e. The maximum absolute atomic E-state index is 11.1. The normalized spacial score (nSPS) is 16.2. The largest absolute Gasteiger partial charge is 0.495 e. The zero-order chi connectivity index (χ0) is 13.8. The molecule has 6 heteroatoms. The molecule has 0 aliphatic carbocycles. The van der Waals surface area contributed by atoms with E-state index in [0.29, 0.717) is 24.2 Å². The number of urea groups is 1. The van der Waals surface area contributed by atoms with E-state index in [-0.39, 0.29) is 6.03 Å². The molecule has 1 heterocycles. The first-order valence-electron chi connectivity index (χ1n) is 6.24. The lowest BCUT2D eigenvalue weighted by Crippen LogP contribution is -2.44. The molecule has 19 heavy (non-hydrogen) atoms. The molecule has 3 N–H and O–H groups in total. The van der Waals surface area contributed by atoms with Gasteiger partial charge < -0.3 is 20.7 Å². The van der Waals surface area contributed by atoms with Crippen molar-refractivity contribution in [1.82, 2.24) is 4.90 Å². The first-order valence-corrected chi connectivity index (χ1v) is 6.62. The number of ether oxygens (including phenoxy) is 1. The first-order chi connectivity index (χ1) is 9.10. The average Bonchev–Trinajstić information content (AvgIpc) is 2.39. The number of methoxy groups -OCH3 is 1. The molecule has 2 rings (SSSR count). The van der Waals surface area contributed by atoms with Crippen molar-refractivity contribution in [3.63, 3.8) is 0 Å². The molecule has 1 aromatic rings. The van der Waals surface area contributed by atoms with E-state index in [9.17, 15) is 4.79 Å². The number of hydrogen-bond acceptors (Lipinski definition) is 3. The zero-order valence-corrected chi connectivity index (χ0v) is 11.6. The monoisotopic (exact) mass is 283 g/mol. The van der Waals surface area contributed by atoms with E-state index in [4.69, 9.17) is 22.1 Å². The molecule has 0 bridgehead atoms. The van der Waals surface area contributed by atoms with E-state index < -0.39 is 0 Å². The van der Waals surface area contributed by atoms with Gasteiger partial charge in [-0.1, -0.05) is 11.6 Å². The van der Waals surface area contributed by atoms with Gasteiger partial charge in [-0.25, -0.2) is 4.79 Å². The predicted molar refractivity (Wildman–Crippen MR) is 75.8 cm³/mol. The molecule has 0 spiro atoms. The molecule has 0 atom stereocenters. The van der Waals surface area contributed by atoms with E-state index in [1.807, 2.05) is 12.1 Å². The molecule has 2 amide bonds. The van der Waals surface area contributed by atoms with E-state index in [2.05, 4.69) is 5.32 Å². The quantitative estimate of drug-likeness (QED) is 0.894. The summed E-state index contributed by atoms with van der Waals surface area (Å²) in [5, 5.41) is 4.08. The summed E-state index contributed by atoms with van der Waals surface area (Å²) in [7, 11) is 1.63. The summed E-state index contributed by atoms with van der Waals surface area (Å²) in [6.07, 6.45) is 1.72. The van der Waals surface area contributed by atoms with Crippen molar-refractivity contribution in [1.29, 1.82) is 0 Å². The molecule has 104 valence electrons. The van der Waals surface area contributed by atoms with Gasteiger partial charge in [0.1, 0.15) is 5.75 Å². The second kappa shape index (κ2) is 6.02. The number of nitrogens with zero attached hydrogens (tertiary/aromatic N) is 1. The summed E-state index contributed by atoms with van der Waals surface area (Å²) in [6.45, 7) is 1.35. The van der Waals surface area contributed by atoms with Crippen molar-refractivity contribution < 1.29 is 9.53 Å². The number of hydrogen-bond donors (Lipinski definition) is 2. The molecule has 1 aliphatic rings. The van der Waals surface area contributed by atoms with Crippen molar-refractivity contribution in [2.45, 2.75) is 18.9 Å². The van der Waals surface area contributed by atoms with Crippen molar-refractivity contribution in [3.8, 4) is 5.75 Å². The Morgan fingerprint density at radius 2 is 2.16 bits per heavy atom. The van der Waals surface area contributed by atoms with Gasteiger partial charge >= 0.3 is 6.03 Å². The number of rotatable bonds is 3. The van der Waals surface area contributed by atoms with Crippen LogP contribution in [0.3, 0.4) is 0 Å². The summed E-state index contributed by atoms with van der Waals surface area (Å²) in [4.78, 5) is 12.7. The van der Waals surface area contributed by atoms with Crippen molar-refractivity contribution in [2.24, 2.45) is 5.73 Å². The molecule has 1 aliphatic heterocycles. The highest BCUT2D eigenvalue weighted by Crippen LogP contribution is 2.29. The van der Waals surface area contributed by atoms with Crippen LogP contribution in [0.2, 0.25) is 5.02 Å². The van der Waals surface area contributed by atoms with E-state index in [1.165, 1.54) is 0 Å². The van der Waals surface area contributed by atoms with Crippen LogP contribution < -0.4 is 15.8 Å². The third kappa shape index (κ3) is 3.44. The fraction of sp³-hybridized carbons (Fsp3) is 0.462. The van der Waals surface area contributed by atoms with Crippen LogP contribution in [-0.4, -0.2) is 37.2 Å². The number of piperidine rings is 1. The Morgan fingerprint density at radius 1 is 1.47 bits per heavy atom. The standard InChI is InChI=1S/C13H18ClN3O2/c1-19-12-3-2-9(14)8-11(12)16-10-4-6-17(7-5-10)13(15)18/h2-3,8,10,16H,4-7H2,1H3,(H2,15,18). The minimum absolute atomic E-state index is 0.294. The van der Waals surface area contributed by atoms with E-state index in [1.54, 1.807) is 18.1 Å². The molecule has 0 saturated carbocycles. The number of carbonyl (C=O) groups excluding carboxylic acids is 1. The Labute approximate surface area is 117 Å². The van der Waals surface area contributed by atoms with Crippen molar-refractivity contribution >= 4 is 23.3 Å². The molecule has 5 nitrogen and oxygen atoms in total. The van der Waals surface area contributed by atoms with Crippen LogP contribution in [-0.2, 0) is 0 Å². The number of nitrogens with two attached hydrogens (primary N) is 1. The molecule has 1 saturated heterocycles. The number of carbonyl (C=O) groups is 1. The van der Waals surface area contributed by atoms with Gasteiger partial charge in [0.2, 0.25) is 0 Å². The van der Waals surface area contributed by atoms with Gasteiger partial charge in [0.05, 0.1) is 12.8 Å². The van der Waals surface area contributed by atoms with Crippen LogP contribution in [0.25, 0.3) is 0 Å². The number of anilines is 1. The number of benzene rings is 1. The Hall–Kier alpha value is -1.62. The summed E-state index contributed by atoms with van der Waals surface area (Å²) < 4.78 is 5.30. The third-order valence-electron chi connectivity index (χ3n) is 3.33. The number of halogens is 1. The molecule has 1 fully saturated rings. The smallest absolute Gasteiger partial charge is 0.314 e. The number of amides is 2. The van der Waals surface area contributed by atoms with Crippen LogP contribution in [0.15, 0.2) is 18.2 Å². The summed E-state index contributed by atoms with van der Waals surface area (Å²) in [5.41, 5.74) is 6.14. The predicted octanol–water partition coefficient (Wildman–Crippen LogP) is 2.30. The van der Waals surface area contributed by atoms with Crippen LogP contribution in [0, 0.1) is 0 Å². The summed E-state index contributed by atoms with van der Waals surface area (Å²) >= 11 is 5.99. The fourth-order valence-corrected chi connectivity index (χ4v) is 2.43. The van der Waals surface area contributed by atoms with Crippen LogP contribution >= 0.6 is 11.6 Å². The van der Waals surface area contributed by atoms with Gasteiger partial charge in [-0.15, -0.1) is 0 Å². The van der Waals surface area contributed by atoms with Gasteiger partial charge in [0, 0.05) is 24.2 Å². The van der Waals surface area contributed by atoms with Crippen LogP contribution in [0.5, 0.6) is 5.75 Å². The lowest BCUT2D eigenvalue weighted by Gasteiger charge is -2.32. The topological polar surface area (TPSA) is 67.6 Å². The number of nitrogens with one attached hydrogen (secondary N) is 1. The van der Waals surface area contributed by atoms with E-state index in [0.717, 1.165) is 24.3 Å². The lowest BCUT2D eigenvalue weighted by molar-refractivity contribution is 0.193. The lowest BCUT2D eigenvalue weighted by atomic mass is 10.0. The number of primary amides is 1. The summed E-state index contributed by atoms with van der Waals surface area (Å²) in [5.74, 6) is 0.765. The van der Waals surface area contributed by atoms with Gasteiger partial charge in [-0.3, -0.25) is 0 Å². The highest BCUT2D eigenvalue weighted by Gasteiger charge is 2.21. The third-order valence-corrected chi connectivity index (χ3v) is 3.56. The highest BCUT2D eigenvalue weighted by molar-refractivity contribution is 6.30. The minimum atomic E-state index is -0.348. The van der Waals surface area contributed by atoms with Gasteiger partial charge in [-0.2, -0.15) is 0 Å². The van der Waals surface area contributed by atoms with Gasteiger partial charge in [-0.05, 0) is 31.0 Å². The summed E-state index contributed by atoms with van der Waals surface area (Å²) in [6, 6.07) is 5.42. The molecule has 0 aromatic heterocycles. The second-order valence-corrected chi connectivity index (χ2v) is 5.02. The second-order valence-electron chi connectivity index (χ2n) is 4.59. The van der Waals surface area contributed by atoms with Crippen LogP contribution in [0.1, 0.15) is 12.8 Å². The molecular formula is C13H18ClN3O2. The first kappa shape index (κ1) is 13.8. The Balaban J connectivity index is 1.99. The molecule has 0 radical (unpaired) electrons. The Kier molecular flexibility index (Phi) is 4.37. The highest BCUT2D eigenvalue weighted by atomic mass is 35.5. The Morgan fingerprint density at radius 3 is 2.74 bits per heavy atom. The molecule has 1 aromatic carbocycles. The zero-order valence-electron chi connectivity index (χ0n) is 10.9. The average molecular weight is 284 g/mol. The van der Waals surface area contributed by atoms with E-state index >= 15 is 0 Å². The van der Waals surface area contributed by atoms with Crippen molar-refractivity contribution in [3.05, 3.63) is 23.2 Å². The van der Waals surface area contributed by atoms with Crippen molar-refractivity contribution in [2.75, 3.05) is 25.5 Å². The maximum Gasteiger partial charge on any atom is 0.314 e. The SMILES string of the molecule is COc1ccc(Cl)cc1NC1CCN(C(N)=O)CC1. The van der Waals surface area contributed by atoms with Gasteiger partial charge in [0.25, 0.3) is 0 Å². The molecule has 0 unspecified atom stereocenters. The fourth-order valence-electron chi connectivity index (χ4n) is 2.26. The Bertz CT molecular complexity index is 459. The number of likely N-dealkylation sites (tertiary alicyclic amines) is 1.